The Bertz CT molecular complexity index is 436. The average molecular weight is 164 g/mol. The summed E-state index contributed by atoms with van der Waals surface area (Å²) in [7, 11) is 0. The van der Waals surface area contributed by atoms with E-state index in [4.69, 9.17) is 0 Å². The van der Waals surface area contributed by atoms with Gasteiger partial charge in [0.05, 0.1) is 4.92 Å². The average Bonchev–Trinajstić information content (AvgIpc) is 2.49. The predicted octanol–water partition coefficient (Wildman–Crippen LogP) is 0.931. The van der Waals surface area contributed by atoms with E-state index in [2.05, 4.69) is 21.0 Å². The van der Waals surface area contributed by atoms with Crippen molar-refractivity contribution in [2.24, 2.45) is 0 Å². The van der Waals surface area contributed by atoms with Gasteiger partial charge in [-0.25, -0.2) is 4.63 Å². The molecule has 1 aromatic carbocycles. The lowest BCUT2D eigenvalue weighted by atomic mass is 10.3. The molecule has 0 aliphatic carbocycles. The van der Waals surface area contributed by atoms with Crippen LogP contribution >= 0.6 is 0 Å². The van der Waals surface area contributed by atoms with Gasteiger partial charge in [-0.3, -0.25) is 10.1 Å². The first-order valence-corrected chi connectivity index (χ1v) is 3.06. The van der Waals surface area contributed by atoms with Gasteiger partial charge in [0.1, 0.15) is 17.1 Å². The Hall–Kier alpha value is -1.98. The molecule has 59 valence electrons. The van der Waals surface area contributed by atoms with Crippen LogP contribution in [0.15, 0.2) is 16.8 Å². The van der Waals surface area contributed by atoms with E-state index in [1.165, 1.54) is 12.1 Å². The Morgan fingerprint density at radius 1 is 1.50 bits per heavy atom. The number of hydrogen-bond donors (Lipinski definition) is 0. The molecule has 0 saturated heterocycles. The van der Waals surface area contributed by atoms with Crippen molar-refractivity contribution in [2.45, 2.75) is 0 Å². The number of non-ortho nitro benzene ring substituents is 1. The maximum Gasteiger partial charge on any atom is 0.280 e. The van der Waals surface area contributed by atoms with Crippen LogP contribution in [0, 0.1) is 16.2 Å². The van der Waals surface area contributed by atoms with Crippen molar-refractivity contribution in [3.63, 3.8) is 0 Å². The van der Waals surface area contributed by atoms with Crippen LogP contribution in [0.4, 0.5) is 5.69 Å². The van der Waals surface area contributed by atoms with Gasteiger partial charge >= 0.3 is 0 Å². The summed E-state index contributed by atoms with van der Waals surface area (Å²) >= 11 is 0. The molecule has 6 heteroatoms. The SMILES string of the molecule is O=[N+]([O-])c1[c]c2nonc2cc1. The van der Waals surface area contributed by atoms with Crippen LogP contribution in [-0.2, 0) is 0 Å². The van der Waals surface area contributed by atoms with Gasteiger partial charge in [0.2, 0.25) is 0 Å². The molecule has 1 aromatic heterocycles. The van der Waals surface area contributed by atoms with Crippen LogP contribution in [0.5, 0.6) is 0 Å². The number of rotatable bonds is 1. The van der Waals surface area contributed by atoms with Crippen LogP contribution in [-0.4, -0.2) is 15.2 Å². The summed E-state index contributed by atoms with van der Waals surface area (Å²) in [6, 6.07) is 5.20. The number of benzene rings is 1. The molecule has 1 heterocycles. The van der Waals surface area contributed by atoms with Crippen LogP contribution in [0.1, 0.15) is 0 Å². The van der Waals surface area contributed by atoms with E-state index in [0.717, 1.165) is 0 Å². The summed E-state index contributed by atoms with van der Waals surface area (Å²) in [5, 5.41) is 17.2. The maximum absolute atomic E-state index is 10.3. The number of fused-ring (bicyclic) bond motifs is 1. The Morgan fingerprint density at radius 2 is 2.33 bits per heavy atom. The molecule has 2 rings (SSSR count). The Labute approximate surface area is 65.9 Å². The van der Waals surface area contributed by atoms with Gasteiger partial charge in [0.15, 0.2) is 0 Å². The van der Waals surface area contributed by atoms with Crippen LogP contribution < -0.4 is 0 Å². The second-order valence-corrected chi connectivity index (χ2v) is 2.10. The standard InChI is InChI=1S/C6H2N3O3/c10-9(11)4-1-2-5-6(3-4)8-12-7-5/h1-2H. The van der Waals surface area contributed by atoms with Gasteiger partial charge in [0, 0.05) is 6.07 Å². The van der Waals surface area contributed by atoms with Gasteiger partial charge in [-0.1, -0.05) is 0 Å². The molecule has 0 aliphatic heterocycles. The van der Waals surface area contributed by atoms with Crippen molar-refractivity contribution in [3.05, 3.63) is 28.3 Å². The van der Waals surface area contributed by atoms with Crippen molar-refractivity contribution < 1.29 is 9.55 Å². The third-order valence-corrected chi connectivity index (χ3v) is 1.36. The quantitative estimate of drug-likeness (QED) is 0.462. The lowest BCUT2D eigenvalue weighted by molar-refractivity contribution is -0.385. The van der Waals surface area contributed by atoms with Crippen molar-refractivity contribution >= 4 is 16.7 Å². The fourth-order valence-electron chi connectivity index (χ4n) is 0.819. The highest BCUT2D eigenvalue weighted by molar-refractivity contribution is 5.74. The van der Waals surface area contributed by atoms with E-state index in [0.29, 0.717) is 5.52 Å². The third kappa shape index (κ3) is 0.895. The fraction of sp³-hybridized carbons (Fsp3) is 0. The molecule has 0 bridgehead atoms. The molecule has 0 unspecified atom stereocenters. The molecule has 0 saturated carbocycles. The van der Waals surface area contributed by atoms with Crippen molar-refractivity contribution in [2.75, 3.05) is 0 Å². The molecule has 0 aliphatic rings. The molecular weight excluding hydrogens is 162 g/mol. The predicted molar refractivity (Wildman–Crippen MR) is 37.3 cm³/mol. The number of nitro groups is 1. The minimum absolute atomic E-state index is 0.141. The van der Waals surface area contributed by atoms with Crippen molar-refractivity contribution in [3.8, 4) is 0 Å². The molecule has 0 atom stereocenters. The highest BCUT2D eigenvalue weighted by Crippen LogP contribution is 2.15. The van der Waals surface area contributed by atoms with E-state index in [-0.39, 0.29) is 11.2 Å². The summed E-state index contributed by atoms with van der Waals surface area (Å²) in [6.07, 6.45) is 0. The largest absolute Gasteiger partial charge is 0.280 e. The van der Waals surface area contributed by atoms with Crippen molar-refractivity contribution in [1.29, 1.82) is 0 Å². The molecule has 0 spiro atoms. The zero-order chi connectivity index (χ0) is 8.55. The molecule has 2 aromatic rings. The first-order chi connectivity index (χ1) is 5.77. The first-order valence-electron chi connectivity index (χ1n) is 3.06. The Balaban J connectivity index is 2.68. The minimum Gasteiger partial charge on any atom is -0.258 e. The van der Waals surface area contributed by atoms with E-state index < -0.39 is 4.92 Å². The normalized spacial score (nSPS) is 10.3. The summed E-state index contributed by atoms with van der Waals surface area (Å²) in [6.45, 7) is 0. The molecular formula is C6H2N3O3. The van der Waals surface area contributed by atoms with Gasteiger partial charge in [-0.05, 0) is 16.4 Å². The molecule has 12 heavy (non-hydrogen) atoms. The van der Waals surface area contributed by atoms with Gasteiger partial charge in [0.25, 0.3) is 5.69 Å². The summed E-state index contributed by atoms with van der Waals surface area (Å²) in [4.78, 5) is 9.71. The van der Waals surface area contributed by atoms with E-state index >= 15 is 0 Å². The Morgan fingerprint density at radius 3 is 3.08 bits per heavy atom. The summed E-state index contributed by atoms with van der Waals surface area (Å²) < 4.78 is 4.35. The van der Waals surface area contributed by atoms with Crippen LogP contribution in [0.2, 0.25) is 0 Å². The molecule has 0 amide bonds. The highest BCUT2D eigenvalue weighted by atomic mass is 16.6. The van der Waals surface area contributed by atoms with Crippen LogP contribution in [0.25, 0.3) is 11.0 Å². The molecule has 0 fully saturated rings. The van der Waals surface area contributed by atoms with Gasteiger partial charge in [-0.2, -0.15) is 0 Å². The minimum atomic E-state index is -0.547. The highest BCUT2D eigenvalue weighted by Gasteiger charge is 2.09. The number of aromatic nitrogens is 2. The maximum atomic E-state index is 10.3. The molecule has 0 N–H and O–H groups in total. The zero-order valence-corrected chi connectivity index (χ0v) is 5.72. The second kappa shape index (κ2) is 2.26. The lowest BCUT2D eigenvalue weighted by Crippen LogP contribution is -1.87. The lowest BCUT2D eigenvalue weighted by Gasteiger charge is -1.86. The smallest absolute Gasteiger partial charge is 0.258 e. The monoisotopic (exact) mass is 164 g/mol. The summed E-state index contributed by atoms with van der Waals surface area (Å²) in [5.41, 5.74) is 0.586. The Kier molecular flexibility index (Phi) is 1.26. The van der Waals surface area contributed by atoms with Gasteiger partial charge < -0.3 is 0 Å². The van der Waals surface area contributed by atoms with E-state index in [1.54, 1.807) is 0 Å². The first kappa shape index (κ1) is 6.71. The second-order valence-electron chi connectivity index (χ2n) is 2.10. The number of nitro benzene ring substituents is 1. The topological polar surface area (TPSA) is 82.1 Å². The number of hydrogen-bond acceptors (Lipinski definition) is 5. The van der Waals surface area contributed by atoms with E-state index in [9.17, 15) is 10.1 Å². The fourth-order valence-corrected chi connectivity index (χ4v) is 0.819. The zero-order valence-electron chi connectivity index (χ0n) is 5.72. The summed E-state index contributed by atoms with van der Waals surface area (Å²) in [5.74, 6) is 0. The van der Waals surface area contributed by atoms with Gasteiger partial charge in [-0.15, -0.1) is 0 Å². The van der Waals surface area contributed by atoms with E-state index in [1.807, 2.05) is 0 Å². The van der Waals surface area contributed by atoms with Crippen LogP contribution in [0.3, 0.4) is 0 Å². The third-order valence-electron chi connectivity index (χ3n) is 1.36. The number of nitrogens with zero attached hydrogens (tertiary/aromatic N) is 3. The van der Waals surface area contributed by atoms with Crippen molar-refractivity contribution in [1.82, 2.24) is 10.3 Å². The molecule has 1 radical (unpaired) electrons. The molecule has 6 nitrogen and oxygen atoms in total.